The first-order valence-corrected chi connectivity index (χ1v) is 12.0. The number of thiazole rings is 1. The van der Waals surface area contributed by atoms with Gasteiger partial charge in [0.15, 0.2) is 6.10 Å². The fourth-order valence-electron chi connectivity index (χ4n) is 3.50. The molecule has 3 rings (SSSR count). The summed E-state index contributed by atoms with van der Waals surface area (Å²) in [5, 5.41) is 13.9. The summed E-state index contributed by atoms with van der Waals surface area (Å²) in [6.45, 7) is 4.08. The van der Waals surface area contributed by atoms with Crippen molar-refractivity contribution < 1.29 is 24.2 Å². The second kappa shape index (κ2) is 12.0. The van der Waals surface area contributed by atoms with E-state index in [1.807, 2.05) is 32.0 Å². The number of aryl methyl sites for hydroxylation is 1. The zero-order valence-electron chi connectivity index (χ0n) is 19.2. The lowest BCUT2D eigenvalue weighted by Crippen LogP contribution is -2.39. The summed E-state index contributed by atoms with van der Waals surface area (Å²) in [4.78, 5) is 30.3. The van der Waals surface area contributed by atoms with E-state index < -0.39 is 18.0 Å². The van der Waals surface area contributed by atoms with Crippen molar-refractivity contribution >= 4 is 34.8 Å². The van der Waals surface area contributed by atoms with Crippen molar-refractivity contribution in [2.75, 3.05) is 20.3 Å². The number of aromatic nitrogens is 1. The zero-order valence-corrected chi connectivity index (χ0v) is 20.8. The first-order chi connectivity index (χ1) is 16.3. The minimum absolute atomic E-state index is 0.0598. The number of carboxylic acids is 1. The number of carbonyl (C=O) groups is 2. The average molecular weight is 503 g/mol. The van der Waals surface area contributed by atoms with Crippen LogP contribution >= 0.6 is 22.9 Å². The molecule has 0 aliphatic rings. The molecule has 180 valence electrons. The second-order valence-corrected chi connectivity index (χ2v) is 9.23. The fourth-order valence-corrected chi connectivity index (χ4v) is 4.73. The van der Waals surface area contributed by atoms with Crippen molar-refractivity contribution in [2.24, 2.45) is 0 Å². The highest BCUT2D eigenvalue weighted by molar-refractivity contribution is 7.15. The molecule has 1 amide bonds. The smallest absolute Gasteiger partial charge is 0.333 e. The number of hydrogen-bond donors (Lipinski definition) is 2. The number of ether oxygens (including phenoxy) is 2. The van der Waals surface area contributed by atoms with E-state index in [0.717, 1.165) is 16.0 Å². The molecule has 2 N–H and O–H groups in total. The Labute approximate surface area is 207 Å². The maximum Gasteiger partial charge on any atom is 0.333 e. The maximum atomic E-state index is 13.0. The van der Waals surface area contributed by atoms with Gasteiger partial charge in [-0.3, -0.25) is 4.79 Å². The summed E-state index contributed by atoms with van der Waals surface area (Å²) in [5.74, 6) is -1.43. The van der Waals surface area contributed by atoms with Crippen LogP contribution in [-0.4, -0.2) is 48.3 Å². The number of nitrogens with zero attached hydrogens (tertiary/aromatic N) is 1. The highest BCUT2D eigenvalue weighted by Gasteiger charge is 2.31. The van der Waals surface area contributed by atoms with Gasteiger partial charge in [0.05, 0.1) is 12.1 Å². The van der Waals surface area contributed by atoms with Gasteiger partial charge >= 0.3 is 5.97 Å². The highest BCUT2D eigenvalue weighted by atomic mass is 35.5. The van der Waals surface area contributed by atoms with Gasteiger partial charge in [0, 0.05) is 29.5 Å². The summed E-state index contributed by atoms with van der Waals surface area (Å²) in [6.07, 6.45) is -0.447. The third-order valence-electron chi connectivity index (χ3n) is 5.25. The number of carboxylic acid groups (broad SMARTS) is 1. The molecule has 0 fully saturated rings. The van der Waals surface area contributed by atoms with Crippen LogP contribution in [0.2, 0.25) is 5.02 Å². The van der Waals surface area contributed by atoms with E-state index >= 15 is 0 Å². The number of methoxy groups -OCH3 is 1. The van der Waals surface area contributed by atoms with E-state index in [9.17, 15) is 14.7 Å². The molecule has 1 aromatic heterocycles. The number of benzene rings is 2. The first kappa shape index (κ1) is 25.7. The van der Waals surface area contributed by atoms with Crippen LogP contribution in [0.15, 0.2) is 48.5 Å². The molecule has 7 nitrogen and oxygen atoms in total. The molecule has 2 atom stereocenters. The molecule has 1 heterocycles. The molecule has 2 unspecified atom stereocenters. The van der Waals surface area contributed by atoms with Crippen molar-refractivity contribution in [3.8, 4) is 16.3 Å². The van der Waals surface area contributed by atoms with Crippen molar-refractivity contribution in [1.29, 1.82) is 0 Å². The number of aliphatic carboxylic acids is 1. The Morgan fingerprint density at radius 3 is 2.50 bits per heavy atom. The van der Waals surface area contributed by atoms with Gasteiger partial charge in [-0.2, -0.15) is 0 Å². The minimum atomic E-state index is -1.12. The Morgan fingerprint density at radius 1 is 1.18 bits per heavy atom. The van der Waals surface area contributed by atoms with Gasteiger partial charge in [-0.15, -0.1) is 11.3 Å². The van der Waals surface area contributed by atoms with Crippen molar-refractivity contribution in [1.82, 2.24) is 10.3 Å². The average Bonchev–Trinajstić information content (AvgIpc) is 3.22. The quantitative estimate of drug-likeness (QED) is 0.375. The SMILES string of the molecule is CCCOC(C(=O)O)C(CNC(=O)c1nc(-c2ccccc2Cl)sc1C)c1ccc(OC)cc1. The largest absolute Gasteiger partial charge is 0.497 e. The van der Waals surface area contributed by atoms with E-state index in [1.54, 1.807) is 37.4 Å². The van der Waals surface area contributed by atoms with Gasteiger partial charge in [-0.1, -0.05) is 48.9 Å². The number of carbonyl (C=O) groups excluding carboxylic acids is 1. The fraction of sp³-hybridized carbons (Fsp3) is 0.320. The van der Waals surface area contributed by atoms with E-state index in [-0.39, 0.29) is 18.1 Å². The van der Waals surface area contributed by atoms with Crippen LogP contribution in [0.5, 0.6) is 5.75 Å². The first-order valence-electron chi connectivity index (χ1n) is 10.8. The predicted octanol–water partition coefficient (Wildman–Crippen LogP) is 5.17. The van der Waals surface area contributed by atoms with Crippen molar-refractivity contribution in [3.05, 3.63) is 69.7 Å². The van der Waals surface area contributed by atoms with E-state index in [4.69, 9.17) is 21.1 Å². The van der Waals surface area contributed by atoms with Crippen LogP contribution in [0, 0.1) is 6.92 Å². The lowest BCUT2D eigenvalue weighted by Gasteiger charge is -2.25. The van der Waals surface area contributed by atoms with Gasteiger partial charge < -0.3 is 19.9 Å². The topological polar surface area (TPSA) is 97.8 Å². The molecular formula is C25H27ClN2O5S. The predicted molar refractivity (Wildman–Crippen MR) is 133 cm³/mol. The zero-order chi connectivity index (χ0) is 24.7. The third kappa shape index (κ3) is 6.14. The molecule has 0 saturated carbocycles. The lowest BCUT2D eigenvalue weighted by atomic mass is 9.92. The number of rotatable bonds is 11. The molecule has 3 aromatic rings. The number of nitrogens with one attached hydrogen (secondary N) is 1. The Morgan fingerprint density at radius 2 is 1.88 bits per heavy atom. The summed E-state index contributed by atoms with van der Waals surface area (Å²) in [5.41, 5.74) is 1.76. The minimum Gasteiger partial charge on any atom is -0.497 e. The molecule has 0 spiro atoms. The number of halogens is 1. The molecule has 2 aromatic carbocycles. The normalized spacial score (nSPS) is 12.7. The highest BCUT2D eigenvalue weighted by Crippen LogP contribution is 2.32. The molecule has 0 aliphatic carbocycles. The molecular weight excluding hydrogens is 476 g/mol. The summed E-state index contributed by atoms with van der Waals surface area (Å²) >= 11 is 7.66. The molecule has 0 bridgehead atoms. The van der Waals surface area contributed by atoms with Gasteiger partial charge in [0.1, 0.15) is 16.5 Å². The van der Waals surface area contributed by atoms with Gasteiger partial charge in [0.25, 0.3) is 5.91 Å². The number of amides is 1. The molecule has 9 heteroatoms. The lowest BCUT2D eigenvalue weighted by molar-refractivity contribution is -0.152. The van der Waals surface area contributed by atoms with Gasteiger partial charge in [-0.25, -0.2) is 9.78 Å². The standard InChI is InChI=1S/C25H27ClN2O5S/c1-4-13-33-22(25(30)31)19(16-9-11-17(32-3)12-10-16)14-27-23(29)21-15(2)34-24(28-21)18-7-5-6-8-20(18)26/h5-12,19,22H,4,13-14H2,1-3H3,(H,27,29)(H,30,31). The van der Waals surface area contributed by atoms with Crippen LogP contribution in [0.25, 0.3) is 10.6 Å². The molecule has 0 radical (unpaired) electrons. The monoisotopic (exact) mass is 502 g/mol. The van der Waals surface area contributed by atoms with Gasteiger partial charge in [0.2, 0.25) is 0 Å². The third-order valence-corrected chi connectivity index (χ3v) is 6.59. The van der Waals surface area contributed by atoms with Crippen molar-refractivity contribution in [3.63, 3.8) is 0 Å². The van der Waals surface area contributed by atoms with Crippen LogP contribution < -0.4 is 10.1 Å². The van der Waals surface area contributed by atoms with Crippen LogP contribution in [0.3, 0.4) is 0 Å². The Bertz CT molecular complexity index is 1130. The molecule has 0 saturated heterocycles. The summed E-state index contributed by atoms with van der Waals surface area (Å²) < 4.78 is 10.9. The van der Waals surface area contributed by atoms with E-state index in [0.29, 0.717) is 28.8 Å². The summed E-state index contributed by atoms with van der Waals surface area (Å²) in [7, 11) is 1.56. The second-order valence-electron chi connectivity index (χ2n) is 7.62. The molecule has 34 heavy (non-hydrogen) atoms. The van der Waals surface area contributed by atoms with Crippen LogP contribution in [-0.2, 0) is 9.53 Å². The number of hydrogen-bond acceptors (Lipinski definition) is 6. The van der Waals surface area contributed by atoms with Gasteiger partial charge in [-0.05, 0) is 37.1 Å². The Hall–Kier alpha value is -2.94. The van der Waals surface area contributed by atoms with E-state index in [2.05, 4.69) is 10.3 Å². The Kier molecular flexibility index (Phi) is 9.04. The van der Waals surface area contributed by atoms with Crippen LogP contribution in [0.4, 0.5) is 0 Å². The summed E-state index contributed by atoms with van der Waals surface area (Å²) in [6, 6.07) is 14.4. The van der Waals surface area contributed by atoms with Crippen LogP contribution in [0.1, 0.15) is 40.2 Å². The van der Waals surface area contributed by atoms with Crippen molar-refractivity contribution in [2.45, 2.75) is 32.3 Å². The molecule has 0 aliphatic heterocycles. The van der Waals surface area contributed by atoms with E-state index in [1.165, 1.54) is 11.3 Å². The maximum absolute atomic E-state index is 13.0. The Balaban J connectivity index is 1.83.